The van der Waals surface area contributed by atoms with Gasteiger partial charge in [-0.05, 0) is 55.6 Å². The lowest BCUT2D eigenvalue weighted by Gasteiger charge is -2.63. The van der Waals surface area contributed by atoms with Gasteiger partial charge in [-0.2, -0.15) is 0 Å². The van der Waals surface area contributed by atoms with Crippen molar-refractivity contribution in [2.24, 2.45) is 17.3 Å². The third kappa shape index (κ3) is 6.05. The molecule has 0 radical (unpaired) electrons. The van der Waals surface area contributed by atoms with Crippen LogP contribution in [-0.4, -0.2) is 59.8 Å². The quantitative estimate of drug-likeness (QED) is 0.394. The number of rotatable bonds is 0. The molecule has 4 heterocycles. The highest BCUT2D eigenvalue weighted by molar-refractivity contribution is 5.28. The Balaban J connectivity index is 1.44. The van der Waals surface area contributed by atoms with E-state index in [1.165, 1.54) is 102 Å². The molecule has 6 atom stereocenters. The molecule has 194 valence electrons. The van der Waals surface area contributed by atoms with Gasteiger partial charge in [0.1, 0.15) is 0 Å². The van der Waals surface area contributed by atoms with Gasteiger partial charge in [0.2, 0.25) is 0 Å². The van der Waals surface area contributed by atoms with Crippen LogP contribution in [0.5, 0.6) is 0 Å². The average Bonchev–Trinajstić information content (AvgIpc) is 2.87. The molecule has 4 aliphatic heterocycles. The Labute approximate surface area is 215 Å². The second-order valence-electron chi connectivity index (χ2n) is 12.3. The topological polar surface area (TPSA) is 26.7 Å². The predicted octanol–water partition coefficient (Wildman–Crippen LogP) is 6.66. The zero-order valence-corrected chi connectivity index (χ0v) is 22.1. The van der Waals surface area contributed by atoms with Crippen molar-refractivity contribution in [3.63, 3.8) is 0 Å². The highest BCUT2D eigenvalue weighted by atomic mass is 16.3. The van der Waals surface area contributed by atoms with Crippen LogP contribution in [-0.2, 0) is 0 Å². The van der Waals surface area contributed by atoms with E-state index in [2.05, 4.69) is 52.3 Å². The molecule has 0 amide bonds. The number of fused-ring (bicyclic) bond motifs is 1. The van der Waals surface area contributed by atoms with Gasteiger partial charge in [0.05, 0.1) is 6.10 Å². The number of hydrogen-bond donors (Lipinski definition) is 1. The maximum Gasteiger partial charge on any atom is 0.0808 e. The summed E-state index contributed by atoms with van der Waals surface area (Å²) in [6, 6.07) is 0.440. The fourth-order valence-electron chi connectivity index (χ4n) is 8.25. The van der Waals surface area contributed by atoms with Crippen LogP contribution in [0.3, 0.4) is 0 Å². The summed E-state index contributed by atoms with van der Waals surface area (Å²) in [5.74, 6) is 1.11. The van der Waals surface area contributed by atoms with Gasteiger partial charge >= 0.3 is 0 Å². The highest BCUT2D eigenvalue weighted by Gasteiger charge is 2.58. The molecule has 0 aromatic carbocycles. The van der Waals surface area contributed by atoms with Crippen molar-refractivity contribution in [2.45, 2.75) is 102 Å². The molecule has 4 bridgehead atoms. The lowest BCUT2D eigenvalue weighted by Crippen LogP contribution is -2.68. The van der Waals surface area contributed by atoms with E-state index in [-0.39, 0.29) is 6.10 Å². The zero-order chi connectivity index (χ0) is 23.9. The van der Waals surface area contributed by atoms with Gasteiger partial charge in [0.25, 0.3) is 0 Å². The Kier molecular flexibility index (Phi) is 9.02. The van der Waals surface area contributed by atoms with E-state index in [9.17, 15) is 5.11 Å². The maximum atomic E-state index is 11.9. The van der Waals surface area contributed by atoms with Crippen LogP contribution in [0.1, 0.15) is 89.9 Å². The van der Waals surface area contributed by atoms with Gasteiger partial charge in [-0.1, -0.05) is 100 Å². The number of aliphatic hydroxyl groups excluding tert-OH is 1. The molecule has 1 aliphatic carbocycles. The molecule has 3 nitrogen and oxygen atoms in total. The summed E-state index contributed by atoms with van der Waals surface area (Å²) in [5, 5.41) is 11.9. The minimum Gasteiger partial charge on any atom is -0.388 e. The molecule has 1 saturated carbocycles. The first-order valence-corrected chi connectivity index (χ1v) is 15.1. The fourth-order valence-corrected chi connectivity index (χ4v) is 8.25. The lowest BCUT2D eigenvalue weighted by molar-refractivity contribution is -0.140. The summed E-state index contributed by atoms with van der Waals surface area (Å²) in [6.07, 6.45) is 34.1. The van der Waals surface area contributed by atoms with E-state index in [4.69, 9.17) is 0 Å². The molecule has 5 rings (SSSR count). The van der Waals surface area contributed by atoms with E-state index < -0.39 is 0 Å². The van der Waals surface area contributed by atoms with Gasteiger partial charge in [0, 0.05) is 38.1 Å². The SMILES string of the molecule is O[C@H]1/C2=C\C/C=C/C=C\C=C/CCN3CC45CCCCCCCCCCCCN(CC1[C@H]4CC23)C5. The summed E-state index contributed by atoms with van der Waals surface area (Å²) >= 11 is 0. The summed E-state index contributed by atoms with van der Waals surface area (Å²) in [7, 11) is 0. The molecule has 4 fully saturated rings. The summed E-state index contributed by atoms with van der Waals surface area (Å²) in [4.78, 5) is 5.60. The Morgan fingerprint density at radius 3 is 2.29 bits per heavy atom. The molecule has 1 spiro atoms. The Morgan fingerprint density at radius 2 is 1.49 bits per heavy atom. The van der Waals surface area contributed by atoms with Crippen LogP contribution in [0.4, 0.5) is 0 Å². The first kappa shape index (κ1) is 25.5. The minimum absolute atomic E-state index is 0.268. The summed E-state index contributed by atoms with van der Waals surface area (Å²) < 4.78 is 0. The van der Waals surface area contributed by atoms with Crippen LogP contribution < -0.4 is 0 Å². The third-order valence-corrected chi connectivity index (χ3v) is 9.96. The van der Waals surface area contributed by atoms with E-state index in [1.807, 2.05) is 0 Å². The maximum absolute atomic E-state index is 11.9. The van der Waals surface area contributed by atoms with Crippen molar-refractivity contribution >= 4 is 0 Å². The first-order chi connectivity index (χ1) is 17.3. The third-order valence-electron chi connectivity index (χ3n) is 9.96. The van der Waals surface area contributed by atoms with Crippen molar-refractivity contribution in [3.05, 3.63) is 48.1 Å². The highest BCUT2D eigenvalue weighted by Crippen LogP contribution is 2.55. The second kappa shape index (κ2) is 12.4. The van der Waals surface area contributed by atoms with E-state index in [0.29, 0.717) is 23.3 Å². The van der Waals surface area contributed by atoms with Crippen molar-refractivity contribution in [3.8, 4) is 0 Å². The first-order valence-electron chi connectivity index (χ1n) is 15.1. The van der Waals surface area contributed by atoms with Gasteiger partial charge in [-0.15, -0.1) is 0 Å². The standard InChI is InChI=1S/C32H50N2O/c35-31-27-19-15-11-7-3-6-10-14-18-22-34-26-32-20-16-12-8-4-1-2-5-9-13-17-21-33(25-32)24-28(31)29(32)23-30(27)34/h3,6-7,10-11,14,19,28-31,35H,1-2,4-5,8-9,12-13,15-18,20-26H2/b6-3-,11-7+,14-10-,27-19-/t28?,29-,30?,31+,32?/m1/s1. The molecular formula is C32H50N2O. The lowest BCUT2D eigenvalue weighted by atomic mass is 9.54. The minimum atomic E-state index is -0.268. The smallest absolute Gasteiger partial charge is 0.0808 e. The molecule has 5 aliphatic rings. The Morgan fingerprint density at radius 1 is 0.771 bits per heavy atom. The predicted molar refractivity (Wildman–Crippen MR) is 147 cm³/mol. The Hall–Kier alpha value is -1.16. The van der Waals surface area contributed by atoms with Gasteiger partial charge < -0.3 is 10.0 Å². The van der Waals surface area contributed by atoms with Crippen molar-refractivity contribution in [1.29, 1.82) is 0 Å². The van der Waals surface area contributed by atoms with E-state index in [0.717, 1.165) is 25.9 Å². The van der Waals surface area contributed by atoms with E-state index >= 15 is 0 Å². The number of hydrogen-bond acceptors (Lipinski definition) is 3. The monoisotopic (exact) mass is 478 g/mol. The number of piperidine rings is 2. The molecule has 3 saturated heterocycles. The molecule has 1 N–H and O–H groups in total. The zero-order valence-electron chi connectivity index (χ0n) is 22.1. The number of allylic oxidation sites excluding steroid dienone is 6. The van der Waals surface area contributed by atoms with Crippen LogP contribution in [0.25, 0.3) is 0 Å². The Bertz CT molecular complexity index is 797. The normalized spacial score (nSPS) is 44.0. The van der Waals surface area contributed by atoms with Crippen LogP contribution in [0, 0.1) is 17.3 Å². The second-order valence-corrected chi connectivity index (χ2v) is 12.3. The van der Waals surface area contributed by atoms with Crippen LogP contribution in [0.15, 0.2) is 48.1 Å². The fraction of sp³-hybridized carbons (Fsp3) is 0.750. The van der Waals surface area contributed by atoms with Crippen molar-refractivity contribution < 1.29 is 5.11 Å². The van der Waals surface area contributed by atoms with Gasteiger partial charge in [0.15, 0.2) is 0 Å². The molecule has 0 aromatic rings. The number of nitrogens with zero attached hydrogens (tertiary/aromatic N) is 2. The average molecular weight is 479 g/mol. The van der Waals surface area contributed by atoms with Gasteiger partial charge in [-0.25, -0.2) is 0 Å². The largest absolute Gasteiger partial charge is 0.388 e. The summed E-state index contributed by atoms with van der Waals surface area (Å²) in [6.45, 7) is 5.96. The van der Waals surface area contributed by atoms with Crippen LogP contribution >= 0.6 is 0 Å². The molecule has 0 aromatic heterocycles. The van der Waals surface area contributed by atoms with Crippen molar-refractivity contribution in [1.82, 2.24) is 9.80 Å². The van der Waals surface area contributed by atoms with Crippen molar-refractivity contribution in [2.75, 3.05) is 32.7 Å². The molecule has 4 unspecified atom stereocenters. The summed E-state index contributed by atoms with van der Waals surface area (Å²) in [5.41, 5.74) is 1.70. The number of aliphatic hydroxyl groups is 1. The molecule has 35 heavy (non-hydrogen) atoms. The molecule has 3 heteroatoms. The van der Waals surface area contributed by atoms with E-state index in [1.54, 1.807) is 0 Å². The van der Waals surface area contributed by atoms with Gasteiger partial charge in [-0.3, -0.25) is 4.90 Å². The van der Waals surface area contributed by atoms with Crippen LogP contribution in [0.2, 0.25) is 0 Å². The molecular weight excluding hydrogens is 428 g/mol.